The molecule has 32 heavy (non-hydrogen) atoms. The average molecular weight is 432 g/mol. The molecule has 0 aliphatic carbocycles. The molecule has 3 rings (SSSR count). The second-order valence-electron chi connectivity index (χ2n) is 6.87. The summed E-state index contributed by atoms with van der Waals surface area (Å²) < 4.78 is 15.7. The lowest BCUT2D eigenvalue weighted by molar-refractivity contribution is -0.138. The van der Waals surface area contributed by atoms with Crippen molar-refractivity contribution in [2.24, 2.45) is 0 Å². The zero-order chi connectivity index (χ0) is 23.1. The molecule has 2 aromatic rings. The molecular weight excluding hydrogens is 408 g/mol. The maximum atomic E-state index is 12.9. The summed E-state index contributed by atoms with van der Waals surface area (Å²) in [5.74, 6) is -0.391. The van der Waals surface area contributed by atoms with E-state index < -0.39 is 18.0 Å². The molecule has 0 amide bonds. The molecule has 1 atom stereocenters. The summed E-state index contributed by atoms with van der Waals surface area (Å²) in [5, 5.41) is 9.16. The highest BCUT2D eigenvalue weighted by Gasteiger charge is 2.34. The van der Waals surface area contributed by atoms with E-state index in [9.17, 15) is 9.59 Å². The number of methoxy groups -OCH3 is 1. The average Bonchev–Trinajstić information content (AvgIpc) is 2.83. The van der Waals surface area contributed by atoms with Crippen LogP contribution in [0.4, 0.5) is 5.69 Å². The van der Waals surface area contributed by atoms with Gasteiger partial charge in [0.25, 0.3) is 0 Å². The molecule has 0 bridgehead atoms. The Labute approximate surface area is 187 Å². The Bertz CT molecular complexity index is 1080. The van der Waals surface area contributed by atoms with E-state index in [0.717, 1.165) is 11.3 Å². The van der Waals surface area contributed by atoms with Crippen molar-refractivity contribution in [3.8, 4) is 11.8 Å². The standard InChI is InChI=1S/C25H24N2O5/c1-4-31-24(28)19-14-22(25(29)32-5-2)23(18-8-6-17(15-26)7-9-18)27(16-19)20-10-12-21(30-3)13-11-20/h6-14,16,23H,4-5H2,1-3H3. The maximum Gasteiger partial charge on any atom is 0.339 e. The van der Waals surface area contributed by atoms with Gasteiger partial charge in [-0.25, -0.2) is 9.59 Å². The number of hydrogen-bond donors (Lipinski definition) is 0. The van der Waals surface area contributed by atoms with Crippen LogP contribution in [0.5, 0.6) is 5.75 Å². The molecule has 2 aromatic carbocycles. The van der Waals surface area contributed by atoms with Gasteiger partial charge in [0.1, 0.15) is 5.75 Å². The van der Waals surface area contributed by atoms with Gasteiger partial charge in [-0.1, -0.05) is 12.1 Å². The lowest BCUT2D eigenvalue weighted by Crippen LogP contribution is -2.33. The van der Waals surface area contributed by atoms with Gasteiger partial charge in [0, 0.05) is 11.9 Å². The van der Waals surface area contributed by atoms with Crippen molar-refractivity contribution in [1.29, 1.82) is 5.26 Å². The fourth-order valence-electron chi connectivity index (χ4n) is 3.43. The number of rotatable bonds is 7. The van der Waals surface area contributed by atoms with Crippen LogP contribution in [0.15, 0.2) is 72.0 Å². The van der Waals surface area contributed by atoms with Crippen LogP contribution in [0.1, 0.15) is 31.0 Å². The fourth-order valence-corrected chi connectivity index (χ4v) is 3.43. The van der Waals surface area contributed by atoms with Crippen LogP contribution in [0.2, 0.25) is 0 Å². The highest BCUT2D eigenvalue weighted by Crippen LogP contribution is 2.39. The quantitative estimate of drug-likeness (QED) is 0.610. The molecule has 1 aliphatic heterocycles. The summed E-state index contributed by atoms with van der Waals surface area (Å²) in [7, 11) is 1.58. The molecule has 1 heterocycles. The number of esters is 2. The van der Waals surface area contributed by atoms with Gasteiger partial charge < -0.3 is 19.1 Å². The van der Waals surface area contributed by atoms with Crippen molar-refractivity contribution in [3.05, 3.63) is 83.1 Å². The molecule has 0 N–H and O–H groups in total. The van der Waals surface area contributed by atoms with Crippen LogP contribution in [0.25, 0.3) is 0 Å². The minimum Gasteiger partial charge on any atom is -0.497 e. The molecule has 7 heteroatoms. The number of hydrogen-bond acceptors (Lipinski definition) is 7. The van der Waals surface area contributed by atoms with Gasteiger partial charge in [0.05, 0.1) is 49.1 Å². The van der Waals surface area contributed by atoms with Gasteiger partial charge in [0.15, 0.2) is 0 Å². The van der Waals surface area contributed by atoms with E-state index in [1.165, 1.54) is 6.08 Å². The monoisotopic (exact) mass is 432 g/mol. The number of nitriles is 1. The molecular formula is C25H24N2O5. The summed E-state index contributed by atoms with van der Waals surface area (Å²) in [4.78, 5) is 27.3. The summed E-state index contributed by atoms with van der Waals surface area (Å²) in [5.41, 5.74) is 2.52. The third-order valence-electron chi connectivity index (χ3n) is 4.91. The van der Waals surface area contributed by atoms with E-state index in [-0.39, 0.29) is 24.4 Å². The Morgan fingerprint density at radius 1 is 0.969 bits per heavy atom. The summed E-state index contributed by atoms with van der Waals surface area (Å²) in [6.45, 7) is 3.84. The third kappa shape index (κ3) is 4.81. The molecule has 0 saturated carbocycles. The van der Waals surface area contributed by atoms with Crippen LogP contribution in [-0.2, 0) is 19.1 Å². The molecule has 164 valence electrons. The lowest BCUT2D eigenvalue weighted by atomic mass is 9.91. The van der Waals surface area contributed by atoms with Crippen molar-refractivity contribution in [2.45, 2.75) is 19.9 Å². The van der Waals surface area contributed by atoms with Crippen molar-refractivity contribution in [1.82, 2.24) is 0 Å². The largest absolute Gasteiger partial charge is 0.497 e. The maximum absolute atomic E-state index is 12.9. The highest BCUT2D eigenvalue weighted by atomic mass is 16.5. The smallest absolute Gasteiger partial charge is 0.339 e. The Morgan fingerprint density at radius 2 is 1.59 bits per heavy atom. The zero-order valence-corrected chi connectivity index (χ0v) is 18.2. The van der Waals surface area contributed by atoms with Gasteiger partial charge in [-0.3, -0.25) is 0 Å². The number of nitrogens with zero attached hydrogens (tertiary/aromatic N) is 2. The third-order valence-corrected chi connectivity index (χ3v) is 4.91. The van der Waals surface area contributed by atoms with Gasteiger partial charge in [-0.2, -0.15) is 5.26 Å². The van der Waals surface area contributed by atoms with Crippen molar-refractivity contribution in [2.75, 3.05) is 25.2 Å². The first kappa shape index (κ1) is 22.6. The molecule has 0 aromatic heterocycles. The minimum absolute atomic E-state index is 0.192. The Balaban J connectivity index is 2.17. The highest BCUT2D eigenvalue weighted by molar-refractivity contribution is 5.99. The molecule has 0 radical (unpaired) electrons. The van der Waals surface area contributed by atoms with Crippen molar-refractivity contribution >= 4 is 17.6 Å². The van der Waals surface area contributed by atoms with Gasteiger partial charge in [-0.05, 0) is 61.9 Å². The number of anilines is 1. The van der Waals surface area contributed by atoms with E-state index in [2.05, 4.69) is 6.07 Å². The summed E-state index contributed by atoms with van der Waals surface area (Å²) in [6, 6.07) is 15.7. The Hall–Kier alpha value is -4.05. The summed E-state index contributed by atoms with van der Waals surface area (Å²) in [6.07, 6.45) is 3.17. The van der Waals surface area contributed by atoms with E-state index in [4.69, 9.17) is 19.5 Å². The van der Waals surface area contributed by atoms with Crippen molar-refractivity contribution in [3.63, 3.8) is 0 Å². The van der Waals surface area contributed by atoms with Crippen molar-refractivity contribution < 1.29 is 23.8 Å². The molecule has 0 fully saturated rings. The molecule has 1 unspecified atom stereocenters. The Morgan fingerprint density at radius 3 is 2.16 bits per heavy atom. The number of benzene rings is 2. The predicted molar refractivity (Wildman–Crippen MR) is 119 cm³/mol. The van der Waals surface area contributed by atoms with Gasteiger partial charge in [-0.15, -0.1) is 0 Å². The van der Waals surface area contributed by atoms with Crippen LogP contribution >= 0.6 is 0 Å². The molecule has 1 aliphatic rings. The first-order valence-electron chi connectivity index (χ1n) is 10.2. The van der Waals surface area contributed by atoms with E-state index >= 15 is 0 Å². The Kier molecular flexibility index (Phi) is 7.29. The van der Waals surface area contributed by atoms with E-state index in [1.807, 2.05) is 17.0 Å². The molecule has 0 saturated heterocycles. The SMILES string of the molecule is CCOC(=O)C1=CN(c2ccc(OC)cc2)C(c2ccc(C#N)cc2)C(C(=O)OCC)=C1. The minimum atomic E-state index is -0.576. The topological polar surface area (TPSA) is 88.9 Å². The number of ether oxygens (including phenoxy) is 3. The number of carbonyl (C=O) groups is 2. The van der Waals surface area contributed by atoms with E-state index in [0.29, 0.717) is 11.3 Å². The van der Waals surface area contributed by atoms with Gasteiger partial charge >= 0.3 is 11.9 Å². The molecule has 0 spiro atoms. The summed E-state index contributed by atoms with van der Waals surface area (Å²) >= 11 is 0. The first-order valence-corrected chi connectivity index (χ1v) is 10.2. The predicted octanol–water partition coefficient (Wildman–Crippen LogP) is 4.06. The van der Waals surface area contributed by atoms with E-state index in [1.54, 1.807) is 63.6 Å². The zero-order valence-electron chi connectivity index (χ0n) is 18.2. The second kappa shape index (κ2) is 10.3. The van der Waals surface area contributed by atoms with Crippen LogP contribution in [0, 0.1) is 11.3 Å². The number of carbonyl (C=O) groups excluding carboxylic acids is 2. The van der Waals surface area contributed by atoms with Crippen LogP contribution in [-0.4, -0.2) is 32.3 Å². The van der Waals surface area contributed by atoms with Gasteiger partial charge in [0.2, 0.25) is 0 Å². The molecule has 7 nitrogen and oxygen atoms in total. The fraction of sp³-hybridized carbons (Fsp3) is 0.240. The van der Waals surface area contributed by atoms with Crippen LogP contribution in [0.3, 0.4) is 0 Å². The first-order chi connectivity index (χ1) is 15.5. The normalized spacial score (nSPS) is 15.2. The van der Waals surface area contributed by atoms with Crippen LogP contribution < -0.4 is 9.64 Å². The lowest BCUT2D eigenvalue weighted by Gasteiger charge is -2.35. The second-order valence-corrected chi connectivity index (χ2v) is 6.87.